The van der Waals surface area contributed by atoms with E-state index in [1.54, 1.807) is 24.3 Å². The second-order valence-corrected chi connectivity index (χ2v) is 6.89. The molecule has 1 unspecified atom stereocenters. The zero-order valence-electron chi connectivity index (χ0n) is 13.9. The van der Waals surface area contributed by atoms with Crippen LogP contribution in [0.3, 0.4) is 0 Å². The van der Waals surface area contributed by atoms with Gasteiger partial charge in [-0.25, -0.2) is 4.79 Å². The van der Waals surface area contributed by atoms with Crippen molar-refractivity contribution in [2.24, 2.45) is 0 Å². The standard InChI is InChI=1S/C18H14ClNO5S/c1-10(17(22)24-2)20-16(21)15(26-18(20)23)9-13-7-8-14(25-13)11-3-5-12(19)6-4-11/h3-10H,1-2H3. The maximum atomic E-state index is 12.4. The first-order valence-corrected chi connectivity index (χ1v) is 8.81. The number of benzene rings is 1. The molecule has 0 radical (unpaired) electrons. The SMILES string of the molecule is COC(=O)C(C)N1C(=O)SC(=Cc2ccc(-c3ccc(Cl)cc3)o2)C1=O. The Morgan fingerprint density at radius 3 is 2.58 bits per heavy atom. The minimum absolute atomic E-state index is 0.183. The van der Waals surface area contributed by atoms with E-state index in [0.29, 0.717) is 16.5 Å². The summed E-state index contributed by atoms with van der Waals surface area (Å²) in [6, 6.07) is 9.60. The van der Waals surface area contributed by atoms with Crippen LogP contribution in [0.5, 0.6) is 0 Å². The summed E-state index contributed by atoms with van der Waals surface area (Å²) in [4.78, 5) is 37.2. The van der Waals surface area contributed by atoms with Crippen molar-refractivity contribution in [3.8, 4) is 11.3 Å². The van der Waals surface area contributed by atoms with E-state index in [1.807, 2.05) is 12.1 Å². The van der Waals surface area contributed by atoms with Gasteiger partial charge in [-0.2, -0.15) is 0 Å². The van der Waals surface area contributed by atoms with Crippen LogP contribution in [0.2, 0.25) is 5.02 Å². The van der Waals surface area contributed by atoms with Crippen LogP contribution in [-0.4, -0.2) is 35.2 Å². The van der Waals surface area contributed by atoms with E-state index in [1.165, 1.54) is 20.1 Å². The van der Waals surface area contributed by atoms with Gasteiger partial charge in [0.15, 0.2) is 0 Å². The molecule has 0 saturated carbocycles. The molecule has 2 amide bonds. The van der Waals surface area contributed by atoms with Gasteiger partial charge in [0.05, 0.1) is 12.0 Å². The lowest BCUT2D eigenvalue weighted by molar-refractivity contribution is -0.148. The molecule has 0 spiro atoms. The quantitative estimate of drug-likeness (QED) is 0.574. The number of methoxy groups -OCH3 is 1. The predicted molar refractivity (Wildman–Crippen MR) is 98.4 cm³/mol. The summed E-state index contributed by atoms with van der Waals surface area (Å²) in [5, 5.41) is 0.0950. The predicted octanol–water partition coefficient (Wildman–Crippen LogP) is 4.20. The summed E-state index contributed by atoms with van der Waals surface area (Å²) < 4.78 is 10.3. The van der Waals surface area contributed by atoms with Gasteiger partial charge in [-0.15, -0.1) is 0 Å². The molecule has 134 valence electrons. The van der Waals surface area contributed by atoms with Gasteiger partial charge < -0.3 is 9.15 Å². The average Bonchev–Trinajstić information content (AvgIpc) is 3.19. The van der Waals surface area contributed by atoms with Crippen molar-refractivity contribution in [2.75, 3.05) is 7.11 Å². The summed E-state index contributed by atoms with van der Waals surface area (Å²) in [7, 11) is 1.20. The number of thioether (sulfide) groups is 1. The maximum absolute atomic E-state index is 12.4. The molecular formula is C18H14ClNO5S. The first-order valence-electron chi connectivity index (χ1n) is 7.61. The first-order chi connectivity index (χ1) is 12.4. The average molecular weight is 392 g/mol. The first kappa shape index (κ1) is 18.3. The zero-order valence-corrected chi connectivity index (χ0v) is 15.5. The van der Waals surface area contributed by atoms with Gasteiger partial charge in [-0.05, 0) is 55.1 Å². The Labute approximate surface area is 158 Å². The third-order valence-corrected chi connectivity index (χ3v) is 4.92. The number of imide groups is 1. The number of ether oxygens (including phenoxy) is 1. The minimum atomic E-state index is -0.986. The molecular weight excluding hydrogens is 378 g/mol. The maximum Gasteiger partial charge on any atom is 0.328 e. The molecule has 1 aliphatic rings. The Kier molecular flexibility index (Phi) is 5.20. The number of esters is 1. The minimum Gasteiger partial charge on any atom is -0.467 e. The molecule has 3 rings (SSSR count). The number of carbonyl (C=O) groups is 3. The van der Waals surface area contributed by atoms with Crippen molar-refractivity contribution in [3.05, 3.63) is 52.1 Å². The Morgan fingerprint density at radius 2 is 1.92 bits per heavy atom. The molecule has 1 aromatic carbocycles. The number of halogens is 1. The number of hydrogen-bond donors (Lipinski definition) is 0. The molecule has 0 N–H and O–H groups in total. The highest BCUT2D eigenvalue weighted by molar-refractivity contribution is 8.18. The molecule has 1 atom stereocenters. The molecule has 2 aromatic rings. The number of amides is 2. The summed E-state index contributed by atoms with van der Waals surface area (Å²) in [6.45, 7) is 1.44. The van der Waals surface area contributed by atoms with Crippen molar-refractivity contribution >= 4 is 46.6 Å². The van der Waals surface area contributed by atoms with Gasteiger partial charge in [-0.1, -0.05) is 11.6 Å². The molecule has 0 bridgehead atoms. The number of rotatable bonds is 4. The highest BCUT2D eigenvalue weighted by atomic mass is 35.5. The normalized spacial score (nSPS) is 17.0. The van der Waals surface area contributed by atoms with Crippen LogP contribution < -0.4 is 0 Å². The summed E-state index contributed by atoms with van der Waals surface area (Å²) in [5.41, 5.74) is 0.835. The van der Waals surface area contributed by atoms with E-state index < -0.39 is 23.2 Å². The number of furan rings is 1. The monoisotopic (exact) mass is 391 g/mol. The fraction of sp³-hybridized carbons (Fsp3) is 0.167. The Hall–Kier alpha value is -2.51. The molecule has 0 aliphatic carbocycles. The lowest BCUT2D eigenvalue weighted by Crippen LogP contribution is -2.42. The van der Waals surface area contributed by atoms with E-state index in [9.17, 15) is 14.4 Å². The fourth-order valence-electron chi connectivity index (χ4n) is 2.42. The van der Waals surface area contributed by atoms with Gasteiger partial charge in [0, 0.05) is 16.7 Å². The lowest BCUT2D eigenvalue weighted by Gasteiger charge is -2.18. The van der Waals surface area contributed by atoms with Crippen LogP contribution in [-0.2, 0) is 14.3 Å². The molecule has 6 nitrogen and oxygen atoms in total. The van der Waals surface area contributed by atoms with Crippen LogP contribution >= 0.6 is 23.4 Å². The largest absolute Gasteiger partial charge is 0.467 e. The van der Waals surface area contributed by atoms with Gasteiger partial charge in [-0.3, -0.25) is 14.5 Å². The second-order valence-electron chi connectivity index (χ2n) is 5.46. The van der Waals surface area contributed by atoms with E-state index in [4.69, 9.17) is 16.0 Å². The summed E-state index contributed by atoms with van der Waals surface area (Å²) in [5.74, 6) is -0.180. The molecule has 8 heteroatoms. The third kappa shape index (κ3) is 3.54. The fourth-order valence-corrected chi connectivity index (χ4v) is 3.43. The third-order valence-electron chi connectivity index (χ3n) is 3.78. The van der Waals surface area contributed by atoms with Crippen LogP contribution in [0, 0.1) is 0 Å². The van der Waals surface area contributed by atoms with Gasteiger partial charge in [0.2, 0.25) is 0 Å². The lowest BCUT2D eigenvalue weighted by atomic mass is 10.2. The summed E-state index contributed by atoms with van der Waals surface area (Å²) in [6.07, 6.45) is 1.48. The highest BCUT2D eigenvalue weighted by Gasteiger charge is 2.41. The Bertz CT molecular complexity index is 903. The molecule has 1 aromatic heterocycles. The van der Waals surface area contributed by atoms with Crippen molar-refractivity contribution in [3.63, 3.8) is 0 Å². The smallest absolute Gasteiger partial charge is 0.328 e. The van der Waals surface area contributed by atoms with Crippen LogP contribution in [0.1, 0.15) is 12.7 Å². The molecule has 2 heterocycles. The highest BCUT2D eigenvalue weighted by Crippen LogP contribution is 2.34. The van der Waals surface area contributed by atoms with Crippen molar-refractivity contribution in [1.82, 2.24) is 4.90 Å². The van der Waals surface area contributed by atoms with E-state index >= 15 is 0 Å². The molecule has 1 saturated heterocycles. The van der Waals surface area contributed by atoms with Crippen LogP contribution in [0.15, 0.2) is 45.7 Å². The van der Waals surface area contributed by atoms with Crippen LogP contribution in [0.25, 0.3) is 17.4 Å². The second kappa shape index (κ2) is 7.39. The summed E-state index contributed by atoms with van der Waals surface area (Å²) >= 11 is 6.62. The van der Waals surface area contributed by atoms with E-state index in [2.05, 4.69) is 4.74 Å². The van der Waals surface area contributed by atoms with Crippen molar-refractivity contribution in [1.29, 1.82) is 0 Å². The topological polar surface area (TPSA) is 76.8 Å². The van der Waals surface area contributed by atoms with E-state index in [-0.39, 0.29) is 4.91 Å². The number of carbonyl (C=O) groups excluding carboxylic acids is 3. The Morgan fingerprint density at radius 1 is 1.23 bits per heavy atom. The number of hydrogen-bond acceptors (Lipinski definition) is 6. The molecule has 1 fully saturated rings. The number of nitrogens with zero attached hydrogens (tertiary/aromatic N) is 1. The van der Waals surface area contributed by atoms with Crippen LogP contribution in [0.4, 0.5) is 4.79 Å². The van der Waals surface area contributed by atoms with Gasteiger partial charge >= 0.3 is 5.97 Å². The zero-order chi connectivity index (χ0) is 18.8. The molecule has 26 heavy (non-hydrogen) atoms. The van der Waals surface area contributed by atoms with Gasteiger partial charge in [0.25, 0.3) is 11.1 Å². The van der Waals surface area contributed by atoms with E-state index in [0.717, 1.165) is 22.2 Å². The molecule has 1 aliphatic heterocycles. The Balaban J connectivity index is 1.83. The van der Waals surface area contributed by atoms with Crippen molar-refractivity contribution in [2.45, 2.75) is 13.0 Å². The van der Waals surface area contributed by atoms with Crippen molar-refractivity contribution < 1.29 is 23.5 Å². The van der Waals surface area contributed by atoms with Gasteiger partial charge in [0.1, 0.15) is 17.6 Å².